The molecule has 0 unspecified atom stereocenters. The normalized spacial score (nSPS) is 15.8. The Morgan fingerprint density at radius 2 is 1.76 bits per heavy atom. The zero-order valence-electron chi connectivity index (χ0n) is 16.7. The lowest BCUT2D eigenvalue weighted by molar-refractivity contribution is -0.116. The highest BCUT2D eigenvalue weighted by Gasteiger charge is 2.31. The highest BCUT2D eigenvalue weighted by Crippen LogP contribution is 2.35. The van der Waals surface area contributed by atoms with Crippen LogP contribution in [0.25, 0.3) is 0 Å². The van der Waals surface area contributed by atoms with Crippen molar-refractivity contribution in [1.29, 1.82) is 0 Å². The standard InChI is InChI=1S/C22H25N3O4/c1-15(2)16-3-5-17(6-4-16)23-21(26)14-24-9-10-25(22(24)27)18-7-8-19-20(13-18)29-12-11-28-19/h3-8,13,15H,9-12,14H2,1-2H3,(H,23,26). The number of carbonyl (C=O) groups excluding carboxylic acids is 2. The Kier molecular flexibility index (Phi) is 5.29. The second-order valence-electron chi connectivity index (χ2n) is 7.51. The fraction of sp³-hybridized carbons (Fsp3) is 0.364. The van der Waals surface area contributed by atoms with E-state index in [9.17, 15) is 9.59 Å². The summed E-state index contributed by atoms with van der Waals surface area (Å²) in [6, 6.07) is 13.1. The third kappa shape index (κ3) is 4.13. The van der Waals surface area contributed by atoms with Crippen LogP contribution in [0.5, 0.6) is 11.5 Å². The summed E-state index contributed by atoms with van der Waals surface area (Å²) in [7, 11) is 0. The van der Waals surface area contributed by atoms with Gasteiger partial charge in [-0.15, -0.1) is 0 Å². The van der Waals surface area contributed by atoms with Gasteiger partial charge in [0.1, 0.15) is 19.8 Å². The molecule has 1 N–H and O–H groups in total. The molecule has 2 aromatic carbocycles. The van der Waals surface area contributed by atoms with Gasteiger partial charge in [0.2, 0.25) is 5.91 Å². The number of urea groups is 1. The van der Waals surface area contributed by atoms with Gasteiger partial charge in [-0.25, -0.2) is 4.79 Å². The quantitative estimate of drug-likeness (QED) is 0.842. The van der Waals surface area contributed by atoms with Crippen molar-refractivity contribution in [3.05, 3.63) is 48.0 Å². The van der Waals surface area contributed by atoms with Crippen molar-refractivity contribution in [2.75, 3.05) is 43.1 Å². The smallest absolute Gasteiger partial charge is 0.325 e. The third-order valence-corrected chi connectivity index (χ3v) is 5.13. The van der Waals surface area contributed by atoms with Gasteiger partial charge in [-0.2, -0.15) is 0 Å². The fourth-order valence-corrected chi connectivity index (χ4v) is 3.49. The molecule has 3 amide bonds. The van der Waals surface area contributed by atoms with Gasteiger partial charge in [0.25, 0.3) is 0 Å². The van der Waals surface area contributed by atoms with Crippen LogP contribution in [-0.4, -0.2) is 49.7 Å². The van der Waals surface area contributed by atoms with Gasteiger partial charge in [-0.1, -0.05) is 26.0 Å². The first kappa shape index (κ1) is 19.1. The molecule has 152 valence electrons. The van der Waals surface area contributed by atoms with Crippen molar-refractivity contribution in [3.63, 3.8) is 0 Å². The summed E-state index contributed by atoms with van der Waals surface area (Å²) in [5.74, 6) is 1.56. The van der Waals surface area contributed by atoms with Gasteiger partial charge in [-0.05, 0) is 35.7 Å². The Bertz CT molecular complexity index is 911. The van der Waals surface area contributed by atoms with Gasteiger partial charge in [0.15, 0.2) is 11.5 Å². The predicted molar refractivity (Wildman–Crippen MR) is 111 cm³/mol. The van der Waals surface area contributed by atoms with Crippen molar-refractivity contribution in [3.8, 4) is 11.5 Å². The lowest BCUT2D eigenvalue weighted by atomic mass is 10.0. The molecule has 2 aliphatic rings. The Morgan fingerprint density at radius 1 is 1.03 bits per heavy atom. The summed E-state index contributed by atoms with van der Waals surface area (Å²) in [4.78, 5) is 28.4. The highest BCUT2D eigenvalue weighted by atomic mass is 16.6. The van der Waals surface area contributed by atoms with Gasteiger partial charge in [0, 0.05) is 30.5 Å². The first-order valence-corrected chi connectivity index (χ1v) is 9.87. The monoisotopic (exact) mass is 395 g/mol. The minimum Gasteiger partial charge on any atom is -0.486 e. The first-order valence-electron chi connectivity index (χ1n) is 9.87. The number of fused-ring (bicyclic) bond motifs is 1. The molecule has 0 aromatic heterocycles. The molecule has 2 aliphatic heterocycles. The largest absolute Gasteiger partial charge is 0.486 e. The van der Waals surface area contributed by atoms with E-state index in [4.69, 9.17) is 9.47 Å². The van der Waals surface area contributed by atoms with E-state index < -0.39 is 0 Å². The molecule has 2 heterocycles. The van der Waals surface area contributed by atoms with Crippen LogP contribution in [0.1, 0.15) is 25.3 Å². The predicted octanol–water partition coefficient (Wildman–Crippen LogP) is 3.46. The summed E-state index contributed by atoms with van der Waals surface area (Å²) in [5.41, 5.74) is 2.69. The number of nitrogens with zero attached hydrogens (tertiary/aromatic N) is 2. The van der Waals surface area contributed by atoms with Crippen molar-refractivity contribution in [1.82, 2.24) is 4.90 Å². The molecule has 0 spiro atoms. The van der Waals surface area contributed by atoms with Gasteiger partial charge in [0.05, 0.1) is 0 Å². The number of hydrogen-bond donors (Lipinski definition) is 1. The molecule has 0 atom stereocenters. The lowest BCUT2D eigenvalue weighted by Crippen LogP contribution is -2.37. The number of amides is 3. The number of rotatable bonds is 5. The molecular weight excluding hydrogens is 370 g/mol. The van der Waals surface area contributed by atoms with E-state index in [0.29, 0.717) is 43.7 Å². The summed E-state index contributed by atoms with van der Waals surface area (Å²) in [6.07, 6.45) is 0. The fourth-order valence-electron chi connectivity index (χ4n) is 3.49. The van der Waals surface area contributed by atoms with Crippen LogP contribution in [-0.2, 0) is 4.79 Å². The Labute approximate surface area is 170 Å². The van der Waals surface area contributed by atoms with Crippen LogP contribution < -0.4 is 19.7 Å². The molecule has 1 saturated heterocycles. The van der Waals surface area contributed by atoms with E-state index in [2.05, 4.69) is 19.2 Å². The van der Waals surface area contributed by atoms with Crippen LogP contribution in [0, 0.1) is 0 Å². The topological polar surface area (TPSA) is 71.1 Å². The van der Waals surface area contributed by atoms with Gasteiger partial charge >= 0.3 is 6.03 Å². The summed E-state index contributed by atoms with van der Waals surface area (Å²) >= 11 is 0. The van der Waals surface area contributed by atoms with Crippen LogP contribution in [0.15, 0.2) is 42.5 Å². The van der Waals surface area contributed by atoms with E-state index in [0.717, 1.165) is 11.4 Å². The molecule has 29 heavy (non-hydrogen) atoms. The number of anilines is 2. The van der Waals surface area contributed by atoms with Gasteiger partial charge < -0.3 is 19.7 Å². The zero-order chi connectivity index (χ0) is 20.4. The molecule has 0 saturated carbocycles. The first-order chi connectivity index (χ1) is 14.0. The van der Waals surface area contributed by atoms with Crippen LogP contribution in [0.3, 0.4) is 0 Å². The second-order valence-corrected chi connectivity index (χ2v) is 7.51. The summed E-state index contributed by atoms with van der Waals surface area (Å²) < 4.78 is 11.1. The maximum absolute atomic E-state index is 12.8. The minimum absolute atomic E-state index is 0.0197. The summed E-state index contributed by atoms with van der Waals surface area (Å²) in [5, 5.41) is 2.86. The van der Waals surface area contributed by atoms with E-state index in [-0.39, 0.29) is 18.5 Å². The minimum atomic E-state index is -0.209. The highest BCUT2D eigenvalue weighted by molar-refractivity contribution is 5.99. The van der Waals surface area contributed by atoms with E-state index in [1.165, 1.54) is 5.56 Å². The van der Waals surface area contributed by atoms with Crippen molar-refractivity contribution in [2.24, 2.45) is 0 Å². The Hall–Kier alpha value is -3.22. The maximum Gasteiger partial charge on any atom is 0.325 e. The molecule has 0 bridgehead atoms. The van der Waals surface area contributed by atoms with Crippen LogP contribution >= 0.6 is 0 Å². The van der Waals surface area contributed by atoms with Crippen molar-refractivity contribution >= 4 is 23.3 Å². The van der Waals surface area contributed by atoms with Crippen molar-refractivity contribution in [2.45, 2.75) is 19.8 Å². The number of ether oxygens (including phenoxy) is 2. The number of nitrogens with one attached hydrogen (secondary N) is 1. The molecule has 0 radical (unpaired) electrons. The molecule has 1 fully saturated rings. The maximum atomic E-state index is 12.8. The van der Waals surface area contributed by atoms with E-state index in [1.54, 1.807) is 9.80 Å². The molecule has 2 aromatic rings. The number of hydrogen-bond acceptors (Lipinski definition) is 4. The molecular formula is C22H25N3O4. The number of benzene rings is 2. The molecule has 7 heteroatoms. The number of carbonyl (C=O) groups is 2. The third-order valence-electron chi connectivity index (χ3n) is 5.13. The molecule has 0 aliphatic carbocycles. The van der Waals surface area contributed by atoms with Crippen LogP contribution in [0.2, 0.25) is 0 Å². The second kappa shape index (κ2) is 8.03. The van der Waals surface area contributed by atoms with E-state index in [1.807, 2.05) is 42.5 Å². The average molecular weight is 395 g/mol. The zero-order valence-corrected chi connectivity index (χ0v) is 16.7. The average Bonchev–Trinajstić information content (AvgIpc) is 3.08. The van der Waals surface area contributed by atoms with Crippen LogP contribution in [0.4, 0.5) is 16.2 Å². The lowest BCUT2D eigenvalue weighted by Gasteiger charge is -2.22. The van der Waals surface area contributed by atoms with Gasteiger partial charge in [-0.3, -0.25) is 9.69 Å². The SMILES string of the molecule is CC(C)c1ccc(NC(=O)CN2CCN(c3ccc4c(c3)OCCO4)C2=O)cc1. The Balaban J connectivity index is 1.37. The molecule has 7 nitrogen and oxygen atoms in total. The Morgan fingerprint density at radius 3 is 2.48 bits per heavy atom. The van der Waals surface area contributed by atoms with E-state index >= 15 is 0 Å². The summed E-state index contributed by atoms with van der Waals surface area (Å²) in [6.45, 7) is 6.31. The van der Waals surface area contributed by atoms with Crippen molar-refractivity contribution < 1.29 is 19.1 Å². The molecule has 4 rings (SSSR count).